The van der Waals surface area contributed by atoms with Gasteiger partial charge in [0.2, 0.25) is 11.8 Å². The van der Waals surface area contributed by atoms with Gasteiger partial charge >= 0.3 is 0 Å². The maximum atomic E-state index is 12.2. The Labute approximate surface area is 157 Å². The van der Waals surface area contributed by atoms with Gasteiger partial charge in [-0.3, -0.25) is 9.59 Å². The number of carbonyl (C=O) groups is 2. The Kier molecular flexibility index (Phi) is 6.89. The summed E-state index contributed by atoms with van der Waals surface area (Å²) in [6.45, 7) is 6.91. The highest BCUT2D eigenvalue weighted by Crippen LogP contribution is 2.44. The van der Waals surface area contributed by atoms with Gasteiger partial charge in [-0.2, -0.15) is 0 Å². The molecule has 2 bridgehead atoms. The molecule has 0 aromatic rings. The second kappa shape index (κ2) is 8.73. The van der Waals surface area contributed by atoms with E-state index < -0.39 is 5.41 Å². The second-order valence-corrected chi connectivity index (χ2v) is 8.48. The first-order chi connectivity index (χ1) is 12.2. The molecule has 0 aliphatic heterocycles. The van der Waals surface area contributed by atoms with Crippen LogP contribution < -0.4 is 16.0 Å². The highest BCUT2D eigenvalue weighted by Gasteiger charge is 2.40. The van der Waals surface area contributed by atoms with Crippen LogP contribution in [0.4, 0.5) is 0 Å². The highest BCUT2D eigenvalue weighted by molar-refractivity contribution is 5.86. The molecule has 0 saturated heterocycles. The van der Waals surface area contributed by atoms with E-state index in [1.54, 1.807) is 14.1 Å². The first kappa shape index (κ1) is 20.5. The second-order valence-electron chi connectivity index (χ2n) is 8.48. The largest absolute Gasteiger partial charge is 0.356 e. The maximum Gasteiger partial charge on any atom is 0.243 e. The Balaban J connectivity index is 1.99. The summed E-state index contributed by atoms with van der Waals surface area (Å²) in [6.07, 6.45) is 5.08. The molecule has 0 spiro atoms. The zero-order chi connectivity index (χ0) is 19.3. The molecule has 0 radical (unpaired) electrons. The lowest BCUT2D eigenvalue weighted by molar-refractivity contribution is -0.129. The fourth-order valence-electron chi connectivity index (χ4n) is 3.82. The lowest BCUT2D eigenvalue weighted by Gasteiger charge is -2.28. The third kappa shape index (κ3) is 5.35. The summed E-state index contributed by atoms with van der Waals surface area (Å²) in [5, 5.41) is 9.68. The minimum atomic E-state index is -0.557. The molecular weight excluding hydrogens is 330 g/mol. The van der Waals surface area contributed by atoms with Gasteiger partial charge in [0.1, 0.15) is 6.54 Å². The van der Waals surface area contributed by atoms with Crippen molar-refractivity contribution in [1.29, 1.82) is 0 Å². The molecule has 0 heterocycles. The molecule has 2 fully saturated rings. The SMILES string of the molecule is CCNC(=O)C(C)(C)CNC(=NCC(=O)N(C)C)NC1CC2CCC1C2. The Morgan fingerprint density at radius 3 is 2.42 bits per heavy atom. The van der Waals surface area contributed by atoms with Crippen LogP contribution in [-0.4, -0.2) is 62.4 Å². The molecular formula is C19H35N5O2. The summed E-state index contributed by atoms with van der Waals surface area (Å²) in [4.78, 5) is 30.1. The fraction of sp³-hybridized carbons (Fsp3) is 0.842. The number of hydrogen-bond donors (Lipinski definition) is 3. The number of rotatable bonds is 7. The smallest absolute Gasteiger partial charge is 0.243 e. The first-order valence-corrected chi connectivity index (χ1v) is 9.76. The summed E-state index contributed by atoms with van der Waals surface area (Å²) in [5.74, 6) is 2.13. The van der Waals surface area contributed by atoms with E-state index in [9.17, 15) is 9.59 Å². The van der Waals surface area contributed by atoms with E-state index in [0.29, 0.717) is 31.0 Å². The Morgan fingerprint density at radius 2 is 1.88 bits per heavy atom. The number of nitrogens with zero attached hydrogens (tertiary/aromatic N) is 2. The zero-order valence-electron chi connectivity index (χ0n) is 16.9. The summed E-state index contributed by atoms with van der Waals surface area (Å²) in [5.41, 5.74) is -0.557. The summed E-state index contributed by atoms with van der Waals surface area (Å²) >= 11 is 0. The molecule has 0 aromatic carbocycles. The number of aliphatic imine (C=N–C) groups is 1. The van der Waals surface area contributed by atoms with Gasteiger partial charge in [-0.1, -0.05) is 6.42 Å². The van der Waals surface area contributed by atoms with Crippen molar-refractivity contribution in [3.8, 4) is 0 Å². The van der Waals surface area contributed by atoms with E-state index in [1.807, 2.05) is 20.8 Å². The number of amides is 2. The molecule has 3 atom stereocenters. The Hall–Kier alpha value is -1.79. The van der Waals surface area contributed by atoms with Crippen molar-refractivity contribution in [2.75, 3.05) is 33.7 Å². The molecule has 2 rings (SSSR count). The van der Waals surface area contributed by atoms with Gasteiger partial charge in [0, 0.05) is 33.2 Å². The van der Waals surface area contributed by atoms with Gasteiger partial charge in [-0.25, -0.2) is 4.99 Å². The molecule has 2 saturated carbocycles. The molecule has 2 aliphatic rings. The summed E-state index contributed by atoms with van der Waals surface area (Å²) in [7, 11) is 3.46. The van der Waals surface area contributed by atoms with E-state index >= 15 is 0 Å². The molecule has 7 nitrogen and oxygen atoms in total. The van der Waals surface area contributed by atoms with Crippen LogP contribution in [0.5, 0.6) is 0 Å². The van der Waals surface area contributed by atoms with Crippen LogP contribution in [0.25, 0.3) is 0 Å². The molecule has 0 aromatic heterocycles. The average Bonchev–Trinajstić information content (AvgIpc) is 3.19. The Bertz CT molecular complexity index is 544. The average molecular weight is 366 g/mol. The normalized spacial score (nSPS) is 25.1. The number of hydrogen-bond acceptors (Lipinski definition) is 3. The van der Waals surface area contributed by atoms with Crippen LogP contribution >= 0.6 is 0 Å². The van der Waals surface area contributed by atoms with Gasteiger partial charge in [0.15, 0.2) is 5.96 Å². The van der Waals surface area contributed by atoms with Gasteiger partial charge in [0.05, 0.1) is 5.41 Å². The molecule has 2 amide bonds. The first-order valence-electron chi connectivity index (χ1n) is 9.76. The third-order valence-electron chi connectivity index (χ3n) is 5.58. The summed E-state index contributed by atoms with van der Waals surface area (Å²) < 4.78 is 0. The molecule has 3 N–H and O–H groups in total. The van der Waals surface area contributed by atoms with Crippen molar-refractivity contribution < 1.29 is 9.59 Å². The van der Waals surface area contributed by atoms with Gasteiger partial charge in [-0.15, -0.1) is 0 Å². The monoisotopic (exact) mass is 365 g/mol. The van der Waals surface area contributed by atoms with Crippen molar-refractivity contribution in [2.24, 2.45) is 22.2 Å². The predicted molar refractivity (Wildman–Crippen MR) is 104 cm³/mol. The van der Waals surface area contributed by atoms with E-state index in [1.165, 1.54) is 30.6 Å². The van der Waals surface area contributed by atoms with Crippen LogP contribution in [0, 0.1) is 17.3 Å². The van der Waals surface area contributed by atoms with Gasteiger partial charge in [0.25, 0.3) is 0 Å². The van der Waals surface area contributed by atoms with Crippen molar-refractivity contribution in [3.63, 3.8) is 0 Å². The number of carbonyl (C=O) groups excluding carboxylic acids is 2. The van der Waals surface area contributed by atoms with Crippen LogP contribution in [0.2, 0.25) is 0 Å². The maximum absolute atomic E-state index is 12.2. The van der Waals surface area contributed by atoms with E-state index in [2.05, 4.69) is 20.9 Å². The minimum absolute atomic E-state index is 0.0103. The third-order valence-corrected chi connectivity index (χ3v) is 5.58. The quantitative estimate of drug-likeness (QED) is 0.463. The van der Waals surface area contributed by atoms with Crippen LogP contribution in [0.3, 0.4) is 0 Å². The lowest BCUT2D eigenvalue weighted by Crippen LogP contribution is -2.51. The van der Waals surface area contributed by atoms with Crippen LogP contribution in [-0.2, 0) is 9.59 Å². The van der Waals surface area contributed by atoms with Crippen molar-refractivity contribution in [1.82, 2.24) is 20.9 Å². The zero-order valence-corrected chi connectivity index (χ0v) is 16.9. The topological polar surface area (TPSA) is 85.8 Å². The van der Waals surface area contributed by atoms with E-state index in [0.717, 1.165) is 5.92 Å². The Morgan fingerprint density at radius 1 is 1.15 bits per heavy atom. The highest BCUT2D eigenvalue weighted by atomic mass is 16.2. The van der Waals surface area contributed by atoms with E-state index in [4.69, 9.17) is 0 Å². The number of nitrogens with one attached hydrogen (secondary N) is 3. The fourth-order valence-corrected chi connectivity index (χ4v) is 3.82. The number of guanidine groups is 1. The molecule has 148 valence electrons. The van der Waals surface area contributed by atoms with Gasteiger partial charge < -0.3 is 20.9 Å². The van der Waals surface area contributed by atoms with Crippen molar-refractivity contribution >= 4 is 17.8 Å². The van der Waals surface area contributed by atoms with Crippen molar-refractivity contribution in [2.45, 2.75) is 52.5 Å². The molecule has 2 aliphatic carbocycles. The van der Waals surface area contributed by atoms with Crippen LogP contribution in [0.15, 0.2) is 4.99 Å². The predicted octanol–water partition coefficient (Wildman–Crippen LogP) is 0.961. The van der Waals surface area contributed by atoms with Crippen LogP contribution in [0.1, 0.15) is 46.5 Å². The van der Waals surface area contributed by atoms with E-state index in [-0.39, 0.29) is 18.4 Å². The van der Waals surface area contributed by atoms with Crippen molar-refractivity contribution in [3.05, 3.63) is 0 Å². The van der Waals surface area contributed by atoms with Gasteiger partial charge in [-0.05, 0) is 51.9 Å². The standard InChI is InChI=1S/C19H35N5O2/c1-6-20-17(26)19(2,3)12-22-18(21-11-16(25)24(4)5)23-15-10-13-7-8-14(15)9-13/h13-15H,6-12H2,1-5H3,(H,20,26)(H2,21,22,23). The molecule has 3 unspecified atom stereocenters. The molecule has 7 heteroatoms. The molecule has 26 heavy (non-hydrogen) atoms. The number of fused-ring (bicyclic) bond motifs is 2. The summed E-state index contributed by atoms with van der Waals surface area (Å²) in [6, 6.07) is 0.419. The number of likely N-dealkylation sites (N-methyl/N-ethyl adjacent to an activating group) is 1. The minimum Gasteiger partial charge on any atom is -0.356 e. The lowest BCUT2D eigenvalue weighted by atomic mass is 9.92.